The highest BCUT2D eigenvalue weighted by Crippen LogP contribution is 2.20. The van der Waals surface area contributed by atoms with Gasteiger partial charge in [-0.3, -0.25) is 4.79 Å². The highest BCUT2D eigenvalue weighted by atomic mass is 32.2. The van der Waals surface area contributed by atoms with E-state index in [0.717, 1.165) is 5.69 Å². The number of ether oxygens (including phenoxy) is 1. The standard InChI is InChI=1S/C13H20N2O4S/c1-4-20(17,18)15-6-5-11(9-15)19-12-7-10(2)14(3)13(16)8-12/h7-8,11H,4-6,9H2,1-3H3. The van der Waals surface area contributed by atoms with E-state index < -0.39 is 10.0 Å². The molecule has 1 atom stereocenters. The Morgan fingerprint density at radius 1 is 1.40 bits per heavy atom. The minimum atomic E-state index is -3.16. The third-order valence-corrected chi connectivity index (χ3v) is 5.49. The van der Waals surface area contributed by atoms with E-state index in [-0.39, 0.29) is 17.4 Å². The van der Waals surface area contributed by atoms with E-state index in [9.17, 15) is 13.2 Å². The molecule has 112 valence electrons. The maximum atomic E-state index is 11.8. The summed E-state index contributed by atoms with van der Waals surface area (Å²) in [5, 5.41) is 0. The lowest BCUT2D eigenvalue weighted by Crippen LogP contribution is -2.32. The van der Waals surface area contributed by atoms with E-state index in [2.05, 4.69) is 0 Å². The lowest BCUT2D eigenvalue weighted by Gasteiger charge is -2.16. The Balaban J connectivity index is 2.08. The summed E-state index contributed by atoms with van der Waals surface area (Å²) in [5.41, 5.74) is 0.680. The minimum Gasteiger partial charge on any atom is -0.489 e. The zero-order chi connectivity index (χ0) is 14.9. The first-order valence-electron chi connectivity index (χ1n) is 6.65. The SMILES string of the molecule is CCS(=O)(=O)N1CCC(Oc2cc(C)n(C)c(=O)c2)C1. The molecule has 0 aromatic carbocycles. The number of hydrogen-bond donors (Lipinski definition) is 0. The van der Waals surface area contributed by atoms with Crippen LogP contribution >= 0.6 is 0 Å². The highest BCUT2D eigenvalue weighted by molar-refractivity contribution is 7.89. The van der Waals surface area contributed by atoms with Gasteiger partial charge in [-0.05, 0) is 26.3 Å². The number of hydrogen-bond acceptors (Lipinski definition) is 4. The monoisotopic (exact) mass is 300 g/mol. The first-order valence-corrected chi connectivity index (χ1v) is 8.26. The Labute approximate surface area is 119 Å². The number of pyridine rings is 1. The summed E-state index contributed by atoms with van der Waals surface area (Å²) in [6.45, 7) is 4.29. The molecule has 1 saturated heterocycles. The van der Waals surface area contributed by atoms with E-state index in [1.165, 1.54) is 14.9 Å². The molecule has 0 saturated carbocycles. The molecule has 1 aromatic rings. The predicted octanol–water partition coefficient (Wildman–Crippen LogP) is 0.497. The molecular formula is C13H20N2O4S. The molecule has 20 heavy (non-hydrogen) atoms. The Hall–Kier alpha value is -1.34. The summed E-state index contributed by atoms with van der Waals surface area (Å²) in [4.78, 5) is 11.7. The summed E-state index contributed by atoms with van der Waals surface area (Å²) in [7, 11) is -1.46. The van der Waals surface area contributed by atoms with Crippen LogP contribution in [-0.4, -0.2) is 42.2 Å². The van der Waals surface area contributed by atoms with Crippen LogP contribution in [0.5, 0.6) is 5.75 Å². The average Bonchev–Trinajstić information content (AvgIpc) is 2.85. The molecule has 0 aliphatic carbocycles. The average molecular weight is 300 g/mol. The number of sulfonamides is 1. The number of aryl methyl sites for hydroxylation is 1. The fourth-order valence-electron chi connectivity index (χ4n) is 2.23. The molecule has 1 fully saturated rings. The Morgan fingerprint density at radius 3 is 2.70 bits per heavy atom. The van der Waals surface area contributed by atoms with E-state index >= 15 is 0 Å². The second-order valence-electron chi connectivity index (χ2n) is 5.02. The van der Waals surface area contributed by atoms with E-state index in [4.69, 9.17) is 4.74 Å². The summed E-state index contributed by atoms with van der Waals surface area (Å²) < 4.78 is 32.3. The van der Waals surface area contributed by atoms with Crippen molar-refractivity contribution in [2.45, 2.75) is 26.4 Å². The van der Waals surface area contributed by atoms with Crippen LogP contribution in [0.2, 0.25) is 0 Å². The van der Waals surface area contributed by atoms with Gasteiger partial charge in [-0.2, -0.15) is 4.31 Å². The summed E-state index contributed by atoms with van der Waals surface area (Å²) in [5.74, 6) is 0.608. The fraction of sp³-hybridized carbons (Fsp3) is 0.615. The zero-order valence-corrected chi connectivity index (χ0v) is 12.8. The third-order valence-electron chi connectivity index (χ3n) is 3.65. The van der Waals surface area contributed by atoms with Crippen molar-refractivity contribution in [1.29, 1.82) is 0 Å². The maximum Gasteiger partial charge on any atom is 0.254 e. The maximum absolute atomic E-state index is 11.8. The van der Waals surface area contributed by atoms with Gasteiger partial charge in [-0.1, -0.05) is 0 Å². The van der Waals surface area contributed by atoms with Crippen LogP contribution in [0.1, 0.15) is 19.0 Å². The first-order chi connectivity index (χ1) is 9.33. The van der Waals surface area contributed by atoms with Gasteiger partial charge in [0, 0.05) is 25.4 Å². The van der Waals surface area contributed by atoms with Gasteiger partial charge >= 0.3 is 0 Å². The van der Waals surface area contributed by atoms with E-state index in [1.54, 1.807) is 20.0 Å². The summed E-state index contributed by atoms with van der Waals surface area (Å²) >= 11 is 0. The summed E-state index contributed by atoms with van der Waals surface area (Å²) in [6.07, 6.45) is 0.454. The lowest BCUT2D eigenvalue weighted by atomic mass is 10.3. The Kier molecular flexibility index (Phi) is 4.19. The van der Waals surface area contributed by atoms with Gasteiger partial charge in [-0.25, -0.2) is 8.42 Å². The second kappa shape index (κ2) is 5.57. The van der Waals surface area contributed by atoms with E-state index in [1.807, 2.05) is 6.92 Å². The molecule has 7 heteroatoms. The molecule has 2 heterocycles. The van der Waals surface area contributed by atoms with E-state index in [0.29, 0.717) is 25.3 Å². The van der Waals surface area contributed by atoms with Crippen molar-refractivity contribution in [2.75, 3.05) is 18.8 Å². The molecule has 1 aliphatic rings. The predicted molar refractivity (Wildman–Crippen MR) is 76.5 cm³/mol. The topological polar surface area (TPSA) is 68.6 Å². The van der Waals surface area contributed by atoms with Gasteiger partial charge in [0.25, 0.3) is 5.56 Å². The molecular weight excluding hydrogens is 280 g/mol. The number of rotatable bonds is 4. The van der Waals surface area contributed by atoms with Gasteiger partial charge in [0.05, 0.1) is 12.3 Å². The minimum absolute atomic E-state index is 0.102. The van der Waals surface area contributed by atoms with Gasteiger partial charge < -0.3 is 9.30 Å². The van der Waals surface area contributed by atoms with Crippen LogP contribution < -0.4 is 10.3 Å². The number of aromatic nitrogens is 1. The van der Waals surface area contributed by atoms with Crippen LogP contribution in [-0.2, 0) is 17.1 Å². The second-order valence-corrected chi connectivity index (χ2v) is 7.27. The van der Waals surface area contributed by atoms with Crippen molar-refractivity contribution in [3.05, 3.63) is 28.2 Å². The van der Waals surface area contributed by atoms with Crippen LogP contribution in [0.25, 0.3) is 0 Å². The van der Waals surface area contributed by atoms with Gasteiger partial charge in [-0.15, -0.1) is 0 Å². The van der Waals surface area contributed by atoms with Crippen molar-refractivity contribution >= 4 is 10.0 Å². The molecule has 2 rings (SSSR count). The van der Waals surface area contributed by atoms with Crippen molar-refractivity contribution < 1.29 is 13.2 Å². The quantitative estimate of drug-likeness (QED) is 0.812. The summed E-state index contributed by atoms with van der Waals surface area (Å²) in [6, 6.07) is 3.22. The van der Waals surface area contributed by atoms with Gasteiger partial charge in [0.2, 0.25) is 10.0 Å². The molecule has 0 N–H and O–H groups in total. The Bertz CT molecular complexity index is 651. The normalized spacial score (nSPS) is 20.2. The lowest BCUT2D eigenvalue weighted by molar-refractivity contribution is 0.214. The number of nitrogens with zero attached hydrogens (tertiary/aromatic N) is 2. The Morgan fingerprint density at radius 2 is 2.10 bits per heavy atom. The van der Waals surface area contributed by atoms with Crippen molar-refractivity contribution in [3.8, 4) is 5.75 Å². The van der Waals surface area contributed by atoms with Crippen LogP contribution in [0.15, 0.2) is 16.9 Å². The van der Waals surface area contributed by atoms with Crippen molar-refractivity contribution in [2.24, 2.45) is 7.05 Å². The van der Waals surface area contributed by atoms with Crippen LogP contribution in [0.3, 0.4) is 0 Å². The molecule has 1 aliphatic heterocycles. The van der Waals surface area contributed by atoms with Gasteiger partial charge in [0.1, 0.15) is 11.9 Å². The third kappa shape index (κ3) is 3.04. The smallest absolute Gasteiger partial charge is 0.254 e. The van der Waals surface area contributed by atoms with Gasteiger partial charge in [0.15, 0.2) is 0 Å². The molecule has 0 bridgehead atoms. The first kappa shape index (κ1) is 15.1. The van der Waals surface area contributed by atoms with Crippen LogP contribution in [0, 0.1) is 6.92 Å². The molecule has 0 amide bonds. The molecule has 1 unspecified atom stereocenters. The van der Waals surface area contributed by atoms with Crippen molar-refractivity contribution in [3.63, 3.8) is 0 Å². The molecule has 6 nitrogen and oxygen atoms in total. The van der Waals surface area contributed by atoms with Crippen LogP contribution in [0.4, 0.5) is 0 Å². The molecule has 0 spiro atoms. The largest absolute Gasteiger partial charge is 0.489 e. The zero-order valence-electron chi connectivity index (χ0n) is 12.0. The van der Waals surface area contributed by atoms with Crippen molar-refractivity contribution in [1.82, 2.24) is 8.87 Å². The highest BCUT2D eigenvalue weighted by Gasteiger charge is 2.31. The molecule has 1 aromatic heterocycles. The fourth-order valence-corrected chi connectivity index (χ4v) is 3.37. The molecule has 0 radical (unpaired) electrons.